The minimum Gasteiger partial charge on any atom is -0.222 e. The van der Waals surface area contributed by atoms with E-state index in [0.717, 1.165) is 12.2 Å². The average Bonchev–Trinajstić information content (AvgIpc) is 3.27. The van der Waals surface area contributed by atoms with E-state index in [0.29, 0.717) is 6.04 Å². The van der Waals surface area contributed by atoms with Gasteiger partial charge in [0, 0.05) is 5.56 Å². The van der Waals surface area contributed by atoms with Gasteiger partial charge < -0.3 is 0 Å². The van der Waals surface area contributed by atoms with Crippen molar-refractivity contribution in [1.82, 2.24) is 20.2 Å². The smallest absolute Gasteiger partial charge is 0.182 e. The molecule has 120 valence electrons. The van der Waals surface area contributed by atoms with Crippen molar-refractivity contribution in [1.29, 1.82) is 0 Å². The summed E-state index contributed by atoms with van der Waals surface area (Å²) >= 11 is 0. The predicted molar refractivity (Wildman–Crippen MR) is 93.6 cm³/mol. The minimum absolute atomic E-state index is 0.448. The normalized spacial score (nSPS) is 16.8. The van der Waals surface area contributed by atoms with Crippen molar-refractivity contribution in [3.05, 3.63) is 53.6 Å². The second kappa shape index (κ2) is 5.55. The molecular formula is C20H20N4. The van der Waals surface area contributed by atoms with Gasteiger partial charge in [-0.05, 0) is 51.9 Å². The molecule has 1 saturated carbocycles. The van der Waals surface area contributed by atoms with Gasteiger partial charge in [-0.1, -0.05) is 61.7 Å². The van der Waals surface area contributed by atoms with Crippen LogP contribution >= 0.6 is 0 Å². The van der Waals surface area contributed by atoms with Crippen LogP contribution in [-0.4, -0.2) is 20.2 Å². The molecule has 1 aromatic heterocycles. The Hall–Kier alpha value is -2.49. The molecule has 2 aromatic carbocycles. The average molecular weight is 316 g/mol. The quantitative estimate of drug-likeness (QED) is 0.550. The van der Waals surface area contributed by atoms with Gasteiger partial charge >= 0.3 is 0 Å². The third kappa shape index (κ3) is 2.09. The molecule has 0 aliphatic heterocycles. The highest BCUT2D eigenvalue weighted by Gasteiger charge is 2.26. The topological polar surface area (TPSA) is 43.6 Å². The van der Waals surface area contributed by atoms with E-state index >= 15 is 0 Å². The van der Waals surface area contributed by atoms with Crippen molar-refractivity contribution in [2.75, 3.05) is 0 Å². The fraction of sp³-hybridized carbons (Fsp3) is 0.350. The van der Waals surface area contributed by atoms with E-state index < -0.39 is 0 Å². The first-order valence-corrected chi connectivity index (χ1v) is 8.90. The van der Waals surface area contributed by atoms with Crippen molar-refractivity contribution in [3.8, 4) is 22.5 Å². The molecular weight excluding hydrogens is 296 g/mol. The maximum Gasteiger partial charge on any atom is 0.182 e. The summed E-state index contributed by atoms with van der Waals surface area (Å²) in [5.41, 5.74) is 6.65. The number of aromatic nitrogens is 4. The zero-order valence-electron chi connectivity index (χ0n) is 13.7. The molecule has 0 amide bonds. The highest BCUT2D eigenvalue weighted by molar-refractivity contribution is 5.83. The van der Waals surface area contributed by atoms with Crippen LogP contribution in [0.3, 0.4) is 0 Å². The Balaban J connectivity index is 1.62. The van der Waals surface area contributed by atoms with E-state index in [1.54, 1.807) is 0 Å². The molecule has 3 aromatic rings. The van der Waals surface area contributed by atoms with Gasteiger partial charge in [0.15, 0.2) is 5.82 Å². The van der Waals surface area contributed by atoms with Crippen LogP contribution in [0, 0.1) is 0 Å². The number of fused-ring (bicyclic) bond motifs is 3. The standard InChI is InChI=1S/C20H20N4/c1-2-8-15(9-3-1)24-20(21-22-23-24)18-12-6-11-17-16-10-5-4-7-14(16)13-19(17)18/h4-7,10-12,15H,1-3,8-9,13H2. The van der Waals surface area contributed by atoms with Crippen molar-refractivity contribution in [2.45, 2.75) is 44.6 Å². The van der Waals surface area contributed by atoms with Crippen molar-refractivity contribution in [3.63, 3.8) is 0 Å². The number of tetrazole rings is 1. The third-order valence-corrected chi connectivity index (χ3v) is 5.51. The molecule has 1 fully saturated rings. The lowest BCUT2D eigenvalue weighted by Crippen LogP contribution is -2.15. The highest BCUT2D eigenvalue weighted by Crippen LogP contribution is 2.41. The van der Waals surface area contributed by atoms with Crippen molar-refractivity contribution in [2.24, 2.45) is 0 Å². The second-order valence-electron chi connectivity index (χ2n) is 6.90. The van der Waals surface area contributed by atoms with Crippen molar-refractivity contribution < 1.29 is 0 Å². The van der Waals surface area contributed by atoms with E-state index in [9.17, 15) is 0 Å². The number of rotatable bonds is 2. The van der Waals surface area contributed by atoms with Gasteiger partial charge in [0.2, 0.25) is 0 Å². The first-order chi connectivity index (χ1) is 11.9. The molecule has 0 spiro atoms. The summed E-state index contributed by atoms with van der Waals surface area (Å²) in [5, 5.41) is 12.8. The molecule has 0 unspecified atom stereocenters. The molecule has 2 aliphatic carbocycles. The minimum atomic E-state index is 0.448. The maximum absolute atomic E-state index is 4.40. The molecule has 0 radical (unpaired) electrons. The largest absolute Gasteiger partial charge is 0.222 e. The Labute approximate surface area is 141 Å². The van der Waals surface area contributed by atoms with Gasteiger partial charge in [-0.15, -0.1) is 5.10 Å². The van der Waals surface area contributed by atoms with Crippen LogP contribution in [-0.2, 0) is 6.42 Å². The summed E-state index contributed by atoms with van der Waals surface area (Å²) in [6, 6.07) is 15.7. The monoisotopic (exact) mass is 316 g/mol. The van der Waals surface area contributed by atoms with Gasteiger partial charge in [0.05, 0.1) is 6.04 Å². The first-order valence-electron chi connectivity index (χ1n) is 8.90. The van der Waals surface area contributed by atoms with Crippen LogP contribution in [0.1, 0.15) is 49.3 Å². The molecule has 5 rings (SSSR count). The molecule has 4 nitrogen and oxygen atoms in total. The SMILES string of the molecule is c1ccc2c(c1)Cc1c-2cccc1-c1nnnn1C1CCCCC1. The number of hydrogen-bond acceptors (Lipinski definition) is 3. The van der Waals surface area contributed by atoms with Gasteiger partial charge in [0.1, 0.15) is 0 Å². The summed E-state index contributed by atoms with van der Waals surface area (Å²) in [4.78, 5) is 0. The van der Waals surface area contributed by atoms with E-state index in [1.807, 2.05) is 0 Å². The lowest BCUT2D eigenvalue weighted by atomic mass is 9.95. The van der Waals surface area contributed by atoms with Crippen LogP contribution in [0.15, 0.2) is 42.5 Å². The Kier molecular flexibility index (Phi) is 3.21. The second-order valence-corrected chi connectivity index (χ2v) is 6.90. The van der Waals surface area contributed by atoms with Gasteiger partial charge in [-0.2, -0.15) is 0 Å². The van der Waals surface area contributed by atoms with Gasteiger partial charge in [0.25, 0.3) is 0 Å². The van der Waals surface area contributed by atoms with Crippen LogP contribution in [0.4, 0.5) is 0 Å². The molecule has 0 atom stereocenters. The van der Waals surface area contributed by atoms with Crippen LogP contribution in [0.5, 0.6) is 0 Å². The number of nitrogens with zero attached hydrogens (tertiary/aromatic N) is 4. The summed E-state index contributed by atoms with van der Waals surface area (Å²) < 4.78 is 2.08. The Morgan fingerprint density at radius 1 is 0.833 bits per heavy atom. The van der Waals surface area contributed by atoms with Crippen LogP contribution in [0.2, 0.25) is 0 Å². The number of hydrogen-bond donors (Lipinski definition) is 0. The Morgan fingerprint density at radius 3 is 2.54 bits per heavy atom. The van der Waals surface area contributed by atoms with Gasteiger partial charge in [-0.25, -0.2) is 4.68 Å². The first kappa shape index (κ1) is 13.9. The molecule has 2 aliphatic rings. The van der Waals surface area contributed by atoms with Gasteiger partial charge in [-0.3, -0.25) is 0 Å². The lowest BCUT2D eigenvalue weighted by molar-refractivity contribution is 0.327. The summed E-state index contributed by atoms with van der Waals surface area (Å²) in [7, 11) is 0. The molecule has 0 saturated heterocycles. The summed E-state index contributed by atoms with van der Waals surface area (Å²) in [6.45, 7) is 0. The van der Waals surface area contributed by atoms with Crippen molar-refractivity contribution >= 4 is 0 Å². The fourth-order valence-electron chi connectivity index (χ4n) is 4.31. The summed E-state index contributed by atoms with van der Waals surface area (Å²) in [5.74, 6) is 0.937. The molecule has 1 heterocycles. The van der Waals surface area contributed by atoms with E-state index in [2.05, 4.69) is 62.7 Å². The molecule has 0 N–H and O–H groups in total. The molecule has 0 bridgehead atoms. The molecule has 4 heteroatoms. The molecule has 24 heavy (non-hydrogen) atoms. The number of benzene rings is 2. The Bertz CT molecular complexity index is 890. The van der Waals surface area contributed by atoms with E-state index in [1.165, 1.54) is 59.9 Å². The van der Waals surface area contributed by atoms with E-state index in [-0.39, 0.29) is 0 Å². The summed E-state index contributed by atoms with van der Waals surface area (Å²) in [6.07, 6.45) is 7.24. The predicted octanol–water partition coefficient (Wildman–Crippen LogP) is 4.42. The highest BCUT2D eigenvalue weighted by atomic mass is 15.5. The van der Waals surface area contributed by atoms with Crippen LogP contribution in [0.25, 0.3) is 22.5 Å². The Morgan fingerprint density at radius 2 is 1.62 bits per heavy atom. The van der Waals surface area contributed by atoms with Crippen LogP contribution < -0.4 is 0 Å². The zero-order chi connectivity index (χ0) is 15.9. The fourth-order valence-corrected chi connectivity index (χ4v) is 4.31. The lowest BCUT2D eigenvalue weighted by Gasteiger charge is -2.22. The van der Waals surface area contributed by atoms with E-state index in [4.69, 9.17) is 0 Å². The maximum atomic E-state index is 4.40. The third-order valence-electron chi connectivity index (χ3n) is 5.51. The zero-order valence-corrected chi connectivity index (χ0v) is 13.7.